The van der Waals surface area contributed by atoms with Crippen molar-refractivity contribution in [2.75, 3.05) is 18.8 Å². The van der Waals surface area contributed by atoms with Gasteiger partial charge in [-0.05, 0) is 60.3 Å². The quantitative estimate of drug-likeness (QED) is 0.829. The molecule has 2 aromatic rings. The zero-order chi connectivity index (χ0) is 13.2. The van der Waals surface area contributed by atoms with Crippen LogP contribution in [0.15, 0.2) is 36.4 Å². The summed E-state index contributed by atoms with van der Waals surface area (Å²) in [5.41, 5.74) is 8.40. The maximum absolute atomic E-state index is 6.20. The highest BCUT2D eigenvalue weighted by atomic mass is 15.1. The minimum atomic E-state index is 0.880. The fourth-order valence-corrected chi connectivity index (χ4v) is 2.90. The zero-order valence-electron chi connectivity index (χ0n) is 11.6. The summed E-state index contributed by atoms with van der Waals surface area (Å²) in [6.07, 6.45) is 2.63. The predicted octanol–water partition coefficient (Wildman–Crippen LogP) is 3.65. The van der Waals surface area contributed by atoms with Crippen molar-refractivity contribution in [3.05, 3.63) is 42.0 Å². The molecule has 19 heavy (non-hydrogen) atoms. The number of nitrogens with zero attached hydrogens (tertiary/aromatic N) is 1. The average molecular weight is 254 g/mol. The predicted molar refractivity (Wildman–Crippen MR) is 82.0 cm³/mol. The molecule has 1 fully saturated rings. The lowest BCUT2D eigenvalue weighted by Crippen LogP contribution is -2.32. The Bertz CT molecular complexity index is 568. The van der Waals surface area contributed by atoms with Crippen LogP contribution in [-0.2, 0) is 6.54 Å². The van der Waals surface area contributed by atoms with Gasteiger partial charge in [-0.3, -0.25) is 4.90 Å². The molecule has 0 atom stereocenters. The molecule has 0 saturated carbocycles. The number of hydrogen-bond acceptors (Lipinski definition) is 2. The monoisotopic (exact) mass is 254 g/mol. The summed E-state index contributed by atoms with van der Waals surface area (Å²) < 4.78 is 0. The molecule has 2 N–H and O–H groups in total. The third-order valence-corrected chi connectivity index (χ3v) is 4.28. The SMILES string of the molecule is CC1CCN(Cc2cc3ccccc3cc2N)CC1. The summed E-state index contributed by atoms with van der Waals surface area (Å²) in [5.74, 6) is 0.880. The van der Waals surface area contributed by atoms with Crippen LogP contribution in [0.4, 0.5) is 5.69 Å². The van der Waals surface area contributed by atoms with Crippen molar-refractivity contribution in [2.45, 2.75) is 26.3 Å². The molecule has 1 heterocycles. The van der Waals surface area contributed by atoms with Gasteiger partial charge in [0.15, 0.2) is 0 Å². The molecule has 0 unspecified atom stereocenters. The molecule has 1 aliphatic heterocycles. The lowest BCUT2D eigenvalue weighted by Gasteiger charge is -2.30. The van der Waals surface area contributed by atoms with Crippen LogP contribution in [0.25, 0.3) is 10.8 Å². The van der Waals surface area contributed by atoms with Crippen LogP contribution in [0, 0.1) is 5.92 Å². The molecule has 2 heteroatoms. The van der Waals surface area contributed by atoms with Crippen molar-refractivity contribution in [2.24, 2.45) is 5.92 Å². The largest absolute Gasteiger partial charge is 0.398 e. The van der Waals surface area contributed by atoms with Gasteiger partial charge >= 0.3 is 0 Å². The minimum absolute atomic E-state index is 0.880. The van der Waals surface area contributed by atoms with Crippen LogP contribution in [0.3, 0.4) is 0 Å². The number of nitrogen functional groups attached to an aromatic ring is 1. The van der Waals surface area contributed by atoms with E-state index in [0.717, 1.165) is 18.2 Å². The summed E-state index contributed by atoms with van der Waals surface area (Å²) in [6, 6.07) is 12.8. The molecule has 3 rings (SSSR count). The number of hydrogen-bond donors (Lipinski definition) is 1. The molecular formula is C17H22N2. The molecule has 0 amide bonds. The summed E-state index contributed by atoms with van der Waals surface area (Å²) in [5, 5.41) is 2.52. The highest BCUT2D eigenvalue weighted by Crippen LogP contribution is 2.25. The van der Waals surface area contributed by atoms with Gasteiger partial charge in [0.2, 0.25) is 0 Å². The number of piperidine rings is 1. The molecule has 100 valence electrons. The Morgan fingerprint density at radius 1 is 1.11 bits per heavy atom. The highest BCUT2D eigenvalue weighted by molar-refractivity contribution is 5.86. The summed E-state index contributed by atoms with van der Waals surface area (Å²) in [6.45, 7) is 5.74. The summed E-state index contributed by atoms with van der Waals surface area (Å²) >= 11 is 0. The van der Waals surface area contributed by atoms with E-state index in [4.69, 9.17) is 5.73 Å². The number of benzene rings is 2. The van der Waals surface area contributed by atoms with Gasteiger partial charge in [0.05, 0.1) is 0 Å². The van der Waals surface area contributed by atoms with Gasteiger partial charge in [0.1, 0.15) is 0 Å². The zero-order valence-corrected chi connectivity index (χ0v) is 11.6. The van der Waals surface area contributed by atoms with Crippen LogP contribution in [-0.4, -0.2) is 18.0 Å². The fourth-order valence-electron chi connectivity index (χ4n) is 2.90. The maximum atomic E-state index is 6.20. The highest BCUT2D eigenvalue weighted by Gasteiger charge is 2.16. The van der Waals surface area contributed by atoms with Crippen molar-refractivity contribution in [3.63, 3.8) is 0 Å². The standard InChI is InChI=1S/C17H22N2/c1-13-6-8-19(9-7-13)12-16-10-14-4-2-3-5-15(14)11-17(16)18/h2-5,10-11,13H,6-9,12,18H2,1H3. The second-order valence-corrected chi connectivity index (χ2v) is 5.86. The molecule has 0 bridgehead atoms. The number of anilines is 1. The van der Waals surface area contributed by atoms with Crippen molar-refractivity contribution in [1.29, 1.82) is 0 Å². The lowest BCUT2D eigenvalue weighted by atomic mass is 9.98. The van der Waals surface area contributed by atoms with Gasteiger partial charge in [-0.2, -0.15) is 0 Å². The molecule has 0 radical (unpaired) electrons. The van der Waals surface area contributed by atoms with Crippen LogP contribution in [0.1, 0.15) is 25.3 Å². The number of rotatable bonds is 2. The van der Waals surface area contributed by atoms with Gasteiger partial charge < -0.3 is 5.73 Å². The third-order valence-electron chi connectivity index (χ3n) is 4.28. The van der Waals surface area contributed by atoms with E-state index >= 15 is 0 Å². The normalized spacial score (nSPS) is 17.9. The van der Waals surface area contributed by atoms with E-state index in [1.807, 2.05) is 0 Å². The van der Waals surface area contributed by atoms with E-state index in [1.54, 1.807) is 0 Å². The van der Waals surface area contributed by atoms with E-state index in [9.17, 15) is 0 Å². The van der Waals surface area contributed by atoms with Crippen LogP contribution in [0.5, 0.6) is 0 Å². The Morgan fingerprint density at radius 2 is 1.74 bits per heavy atom. The number of nitrogens with two attached hydrogens (primary N) is 1. The van der Waals surface area contributed by atoms with E-state index < -0.39 is 0 Å². The van der Waals surface area contributed by atoms with Gasteiger partial charge in [-0.1, -0.05) is 31.2 Å². The number of likely N-dealkylation sites (tertiary alicyclic amines) is 1. The Morgan fingerprint density at radius 3 is 2.42 bits per heavy atom. The van der Waals surface area contributed by atoms with E-state index in [1.165, 1.54) is 42.3 Å². The fraction of sp³-hybridized carbons (Fsp3) is 0.412. The molecule has 1 saturated heterocycles. The first-order valence-corrected chi connectivity index (χ1v) is 7.22. The van der Waals surface area contributed by atoms with E-state index in [-0.39, 0.29) is 0 Å². The first kappa shape index (κ1) is 12.5. The van der Waals surface area contributed by atoms with Gasteiger partial charge in [0, 0.05) is 12.2 Å². The molecule has 1 aliphatic rings. The summed E-state index contributed by atoms with van der Waals surface area (Å²) in [7, 11) is 0. The molecule has 0 aliphatic carbocycles. The van der Waals surface area contributed by atoms with Crippen LogP contribution < -0.4 is 5.73 Å². The molecular weight excluding hydrogens is 232 g/mol. The second kappa shape index (κ2) is 5.22. The van der Waals surface area contributed by atoms with Crippen LogP contribution >= 0.6 is 0 Å². The van der Waals surface area contributed by atoms with Gasteiger partial charge in [-0.25, -0.2) is 0 Å². The van der Waals surface area contributed by atoms with Gasteiger partial charge in [0.25, 0.3) is 0 Å². The molecule has 2 nitrogen and oxygen atoms in total. The minimum Gasteiger partial charge on any atom is -0.398 e. The van der Waals surface area contributed by atoms with Crippen molar-refractivity contribution < 1.29 is 0 Å². The van der Waals surface area contributed by atoms with Crippen molar-refractivity contribution in [3.8, 4) is 0 Å². The summed E-state index contributed by atoms with van der Waals surface area (Å²) in [4.78, 5) is 2.53. The Labute approximate surface area is 115 Å². The molecule has 0 spiro atoms. The van der Waals surface area contributed by atoms with E-state index in [2.05, 4.69) is 48.2 Å². The second-order valence-electron chi connectivity index (χ2n) is 5.86. The Hall–Kier alpha value is -1.54. The molecule has 0 aromatic heterocycles. The van der Waals surface area contributed by atoms with Crippen molar-refractivity contribution in [1.82, 2.24) is 4.90 Å². The smallest absolute Gasteiger partial charge is 0.0366 e. The lowest BCUT2D eigenvalue weighted by molar-refractivity contribution is 0.185. The van der Waals surface area contributed by atoms with Crippen molar-refractivity contribution >= 4 is 16.5 Å². The Balaban J connectivity index is 1.82. The first-order chi connectivity index (χ1) is 9.22. The number of fused-ring (bicyclic) bond motifs is 1. The third kappa shape index (κ3) is 2.74. The van der Waals surface area contributed by atoms with Gasteiger partial charge in [-0.15, -0.1) is 0 Å². The topological polar surface area (TPSA) is 29.3 Å². The Kier molecular flexibility index (Phi) is 3.43. The average Bonchev–Trinajstić information content (AvgIpc) is 2.42. The van der Waals surface area contributed by atoms with E-state index in [0.29, 0.717) is 0 Å². The first-order valence-electron chi connectivity index (χ1n) is 7.22. The van der Waals surface area contributed by atoms with Crippen LogP contribution in [0.2, 0.25) is 0 Å². The molecule has 2 aromatic carbocycles. The maximum Gasteiger partial charge on any atom is 0.0366 e.